The number of ether oxygens (including phenoxy) is 1. The third kappa shape index (κ3) is 5.67. The van der Waals surface area contributed by atoms with E-state index in [2.05, 4.69) is 40.0 Å². The lowest BCUT2D eigenvalue weighted by Gasteiger charge is -2.21. The van der Waals surface area contributed by atoms with Gasteiger partial charge in [0.1, 0.15) is 11.6 Å². The molecule has 0 bridgehead atoms. The monoisotopic (exact) mass is 600 g/mol. The largest absolute Gasteiger partial charge is 0.493 e. The molecule has 1 N–H and O–H groups in total. The molecule has 1 unspecified atom stereocenters. The minimum absolute atomic E-state index is 0.138. The quantitative estimate of drug-likeness (QED) is 0.267. The van der Waals surface area contributed by atoms with Crippen LogP contribution in [0.2, 0.25) is 0 Å². The number of sulfonamides is 1. The summed E-state index contributed by atoms with van der Waals surface area (Å²) in [5.41, 5.74) is 4.42. The van der Waals surface area contributed by atoms with Gasteiger partial charge in [0, 0.05) is 25.7 Å². The molecule has 0 radical (unpaired) electrons. The Morgan fingerprint density at radius 1 is 1.09 bits per heavy atom. The first kappa shape index (κ1) is 29.0. The number of H-pyrrole nitrogens is 1. The maximum absolute atomic E-state index is 13.7. The average Bonchev–Trinajstić information content (AvgIpc) is 3.64. The number of fused-ring (bicyclic) bond motifs is 2. The second-order valence-corrected chi connectivity index (χ2v) is 13.3. The van der Waals surface area contributed by atoms with E-state index in [9.17, 15) is 13.2 Å². The van der Waals surface area contributed by atoms with Crippen molar-refractivity contribution in [2.45, 2.75) is 44.2 Å². The van der Waals surface area contributed by atoms with Gasteiger partial charge in [-0.2, -0.15) is 4.31 Å². The van der Waals surface area contributed by atoms with Gasteiger partial charge >= 0.3 is 0 Å². The highest BCUT2D eigenvalue weighted by Gasteiger charge is 2.34. The molecule has 43 heavy (non-hydrogen) atoms. The predicted octanol–water partition coefficient (Wildman–Crippen LogP) is 4.41. The second-order valence-electron chi connectivity index (χ2n) is 11.4. The summed E-state index contributed by atoms with van der Waals surface area (Å²) in [5.74, 6) is 0.700. The third-order valence-corrected chi connectivity index (χ3v) is 9.91. The van der Waals surface area contributed by atoms with Gasteiger partial charge in [-0.15, -0.1) is 0 Å². The van der Waals surface area contributed by atoms with Gasteiger partial charge in [0.05, 0.1) is 45.3 Å². The van der Waals surface area contributed by atoms with Crippen LogP contribution in [0.15, 0.2) is 70.6 Å². The van der Waals surface area contributed by atoms with Crippen molar-refractivity contribution < 1.29 is 13.2 Å². The van der Waals surface area contributed by atoms with E-state index in [4.69, 9.17) is 9.72 Å². The van der Waals surface area contributed by atoms with E-state index in [1.165, 1.54) is 9.87 Å². The summed E-state index contributed by atoms with van der Waals surface area (Å²) in [6.07, 6.45) is 3.31. The molecule has 6 rings (SSSR count). The number of benzene rings is 3. The Morgan fingerprint density at radius 3 is 2.67 bits per heavy atom. The van der Waals surface area contributed by atoms with E-state index >= 15 is 0 Å². The number of nitrogens with one attached hydrogen (secondary N) is 1. The molecule has 1 aliphatic rings. The SMILES string of the molecule is CCCOc1ccc(S(=O)(=O)N2CCC(N(C)C)C2)cc1-c1nc2cc3ncn(Cc4cccc(C)c4)c3cc2c(=O)[nH]1. The standard InChI is InChI=1S/C32H36N6O4S/c1-5-13-42-30-10-9-24(43(40,41)38-12-11-23(19-38)36(3)4)15-26(30)31-34-27-17-28-29(16-25(27)32(39)35-31)37(20-33-28)18-22-8-6-7-21(2)14-22/h6-10,14-17,20,23H,5,11-13,18-19H2,1-4H3,(H,34,35,39). The number of aromatic amines is 1. The summed E-state index contributed by atoms with van der Waals surface area (Å²) in [4.78, 5) is 27.9. The van der Waals surface area contributed by atoms with E-state index in [-0.39, 0.29) is 22.3 Å². The fourth-order valence-corrected chi connectivity index (χ4v) is 7.16. The number of hydrogen-bond acceptors (Lipinski definition) is 7. The highest BCUT2D eigenvalue weighted by atomic mass is 32.2. The van der Waals surface area contributed by atoms with Gasteiger partial charge in [-0.25, -0.2) is 18.4 Å². The summed E-state index contributed by atoms with van der Waals surface area (Å²) in [7, 11) is 0.161. The van der Waals surface area contributed by atoms with Crippen LogP contribution in [0.3, 0.4) is 0 Å². The molecule has 1 atom stereocenters. The number of hydrogen-bond donors (Lipinski definition) is 1. The normalized spacial score (nSPS) is 16.1. The van der Waals surface area contributed by atoms with Gasteiger partial charge in [-0.3, -0.25) is 4.79 Å². The van der Waals surface area contributed by atoms with Gasteiger partial charge in [0.15, 0.2) is 0 Å². The Kier molecular flexibility index (Phi) is 7.80. The van der Waals surface area contributed by atoms with E-state index in [1.54, 1.807) is 30.6 Å². The molecular formula is C32H36N6O4S. The molecule has 0 spiro atoms. The summed E-state index contributed by atoms with van der Waals surface area (Å²) < 4.78 is 36.8. The molecule has 2 aromatic heterocycles. The minimum Gasteiger partial charge on any atom is -0.493 e. The predicted molar refractivity (Wildman–Crippen MR) is 168 cm³/mol. The van der Waals surface area contributed by atoms with E-state index in [1.807, 2.05) is 37.7 Å². The van der Waals surface area contributed by atoms with Gasteiger partial charge in [0.2, 0.25) is 10.0 Å². The van der Waals surface area contributed by atoms with Crippen LogP contribution in [0.25, 0.3) is 33.3 Å². The number of nitrogens with zero attached hydrogens (tertiary/aromatic N) is 5. The summed E-state index contributed by atoms with van der Waals surface area (Å²) in [5, 5.41) is 0.425. The number of aryl methyl sites for hydroxylation is 1. The Morgan fingerprint density at radius 2 is 1.93 bits per heavy atom. The van der Waals surface area contributed by atoms with Crippen molar-refractivity contribution in [3.63, 3.8) is 0 Å². The number of likely N-dealkylation sites (N-methyl/N-ethyl adjacent to an activating group) is 1. The molecule has 3 aromatic carbocycles. The van der Waals surface area contributed by atoms with Crippen LogP contribution in [-0.2, 0) is 16.6 Å². The molecule has 224 valence electrons. The Bertz CT molecular complexity index is 1980. The number of aromatic nitrogens is 4. The van der Waals surface area contributed by atoms with Crippen molar-refractivity contribution in [2.75, 3.05) is 33.8 Å². The lowest BCUT2D eigenvalue weighted by molar-refractivity contribution is 0.302. The smallest absolute Gasteiger partial charge is 0.259 e. The van der Waals surface area contributed by atoms with Crippen molar-refractivity contribution in [1.29, 1.82) is 0 Å². The van der Waals surface area contributed by atoms with Crippen LogP contribution >= 0.6 is 0 Å². The summed E-state index contributed by atoms with van der Waals surface area (Å²) in [6, 6.07) is 16.8. The van der Waals surface area contributed by atoms with Crippen LogP contribution in [0.5, 0.6) is 5.75 Å². The van der Waals surface area contributed by atoms with Gasteiger partial charge in [-0.05, 0) is 69.8 Å². The van der Waals surface area contributed by atoms with Crippen molar-refractivity contribution in [1.82, 2.24) is 28.7 Å². The molecule has 0 amide bonds. The lowest BCUT2D eigenvalue weighted by atomic mass is 10.1. The van der Waals surface area contributed by atoms with Crippen LogP contribution in [0.4, 0.5) is 0 Å². The van der Waals surface area contributed by atoms with Crippen molar-refractivity contribution >= 4 is 32.0 Å². The first-order valence-corrected chi connectivity index (χ1v) is 16.0. The van der Waals surface area contributed by atoms with E-state index in [0.717, 1.165) is 23.9 Å². The maximum atomic E-state index is 13.7. The van der Waals surface area contributed by atoms with Crippen LogP contribution in [-0.4, -0.2) is 77.0 Å². The number of rotatable bonds is 9. The molecule has 10 nitrogen and oxygen atoms in total. The van der Waals surface area contributed by atoms with Gasteiger partial charge < -0.3 is 19.2 Å². The zero-order valence-electron chi connectivity index (χ0n) is 24.9. The first-order valence-electron chi connectivity index (χ1n) is 14.5. The molecule has 1 saturated heterocycles. The average molecular weight is 601 g/mol. The van der Waals surface area contributed by atoms with Crippen molar-refractivity contribution in [3.8, 4) is 17.1 Å². The maximum Gasteiger partial charge on any atom is 0.259 e. The third-order valence-electron chi connectivity index (χ3n) is 8.04. The molecule has 0 saturated carbocycles. The van der Waals surface area contributed by atoms with E-state index in [0.29, 0.717) is 54.0 Å². The molecule has 1 aliphatic heterocycles. The van der Waals surface area contributed by atoms with Crippen molar-refractivity contribution in [3.05, 3.63) is 82.4 Å². The fraction of sp³-hybridized carbons (Fsp3) is 0.344. The highest BCUT2D eigenvalue weighted by molar-refractivity contribution is 7.89. The highest BCUT2D eigenvalue weighted by Crippen LogP contribution is 2.33. The molecule has 11 heteroatoms. The summed E-state index contributed by atoms with van der Waals surface area (Å²) >= 11 is 0. The second kappa shape index (κ2) is 11.6. The fourth-order valence-electron chi connectivity index (χ4n) is 5.64. The minimum atomic E-state index is -3.76. The summed E-state index contributed by atoms with van der Waals surface area (Å²) in [6.45, 7) is 5.99. The molecule has 5 aromatic rings. The van der Waals surface area contributed by atoms with Crippen LogP contribution < -0.4 is 10.3 Å². The Hall–Kier alpha value is -4.06. The first-order chi connectivity index (χ1) is 20.6. The number of imidazole rings is 1. The molecular weight excluding hydrogens is 564 g/mol. The Balaban J connectivity index is 1.41. The Labute approximate surface area is 251 Å². The van der Waals surface area contributed by atoms with E-state index < -0.39 is 10.0 Å². The van der Waals surface area contributed by atoms with Crippen LogP contribution in [0.1, 0.15) is 30.9 Å². The molecule has 0 aliphatic carbocycles. The lowest BCUT2D eigenvalue weighted by Crippen LogP contribution is -2.34. The van der Waals surface area contributed by atoms with Gasteiger partial charge in [0.25, 0.3) is 5.56 Å². The van der Waals surface area contributed by atoms with Gasteiger partial charge in [-0.1, -0.05) is 36.8 Å². The van der Waals surface area contributed by atoms with Crippen LogP contribution in [0, 0.1) is 6.92 Å². The zero-order valence-corrected chi connectivity index (χ0v) is 25.7. The molecule has 1 fully saturated rings. The topological polar surface area (TPSA) is 113 Å². The molecule has 3 heterocycles. The zero-order chi connectivity index (χ0) is 30.3. The van der Waals surface area contributed by atoms with Crippen molar-refractivity contribution in [2.24, 2.45) is 0 Å².